The highest BCUT2D eigenvalue weighted by atomic mass is 35.5. The van der Waals surface area contributed by atoms with Gasteiger partial charge in [0.05, 0.1) is 22.6 Å². The lowest BCUT2D eigenvalue weighted by Gasteiger charge is -2.13. The first-order valence-electron chi connectivity index (χ1n) is 4.28. The maximum Gasteiger partial charge on any atom is 0.419 e. The van der Waals surface area contributed by atoms with Crippen molar-refractivity contribution in [1.29, 1.82) is 5.26 Å². The standard InChI is InChI=1S/C10H5ClF3NO2/c11-7-2-1-5(3-8(16)17)6(4-15)9(7)10(12,13)14/h1-2H,3H2,(H,16,17). The largest absolute Gasteiger partial charge is 0.481 e. The third-order valence-electron chi connectivity index (χ3n) is 1.98. The molecule has 17 heavy (non-hydrogen) atoms. The summed E-state index contributed by atoms with van der Waals surface area (Å²) < 4.78 is 37.9. The van der Waals surface area contributed by atoms with Crippen molar-refractivity contribution in [2.24, 2.45) is 0 Å². The molecule has 0 aromatic heterocycles. The van der Waals surface area contributed by atoms with Gasteiger partial charge < -0.3 is 5.11 Å². The van der Waals surface area contributed by atoms with Gasteiger partial charge in [-0.2, -0.15) is 18.4 Å². The van der Waals surface area contributed by atoms with Crippen molar-refractivity contribution >= 4 is 17.6 Å². The van der Waals surface area contributed by atoms with Gasteiger partial charge >= 0.3 is 12.1 Å². The summed E-state index contributed by atoms with van der Waals surface area (Å²) in [6, 6.07) is 3.38. The molecular weight excluding hydrogens is 259 g/mol. The first-order chi connectivity index (χ1) is 7.77. The molecule has 0 radical (unpaired) electrons. The lowest BCUT2D eigenvalue weighted by molar-refractivity contribution is -0.138. The molecule has 0 amide bonds. The van der Waals surface area contributed by atoms with Crippen LogP contribution >= 0.6 is 11.6 Å². The van der Waals surface area contributed by atoms with E-state index in [0.717, 1.165) is 12.1 Å². The number of alkyl halides is 3. The van der Waals surface area contributed by atoms with Crippen LogP contribution in [0.5, 0.6) is 0 Å². The summed E-state index contributed by atoms with van der Waals surface area (Å²) in [6.07, 6.45) is -5.46. The Balaban J connectivity index is 3.49. The second-order valence-electron chi connectivity index (χ2n) is 3.14. The first-order valence-corrected chi connectivity index (χ1v) is 4.65. The molecule has 0 spiro atoms. The molecule has 1 N–H and O–H groups in total. The van der Waals surface area contributed by atoms with Crippen LogP contribution in [0, 0.1) is 11.3 Å². The fourth-order valence-corrected chi connectivity index (χ4v) is 1.60. The van der Waals surface area contributed by atoms with Gasteiger partial charge in [0, 0.05) is 0 Å². The Morgan fingerprint density at radius 3 is 2.47 bits per heavy atom. The molecule has 0 atom stereocenters. The van der Waals surface area contributed by atoms with Gasteiger partial charge in [-0.1, -0.05) is 17.7 Å². The number of carbonyl (C=O) groups is 1. The number of rotatable bonds is 2. The third kappa shape index (κ3) is 2.88. The van der Waals surface area contributed by atoms with Gasteiger partial charge in [-0.25, -0.2) is 0 Å². The summed E-state index contributed by atoms with van der Waals surface area (Å²) in [5, 5.41) is 16.6. The number of aliphatic carboxylic acids is 1. The molecule has 0 saturated carbocycles. The third-order valence-corrected chi connectivity index (χ3v) is 2.29. The van der Waals surface area contributed by atoms with Gasteiger partial charge in [-0.3, -0.25) is 4.79 Å². The van der Waals surface area contributed by atoms with Crippen LogP contribution in [0.25, 0.3) is 0 Å². The van der Waals surface area contributed by atoms with Gasteiger partial charge in [0.15, 0.2) is 0 Å². The van der Waals surface area contributed by atoms with Crippen molar-refractivity contribution in [2.45, 2.75) is 12.6 Å². The van der Waals surface area contributed by atoms with Gasteiger partial charge in [-0.05, 0) is 11.6 Å². The molecule has 0 bridgehead atoms. The second kappa shape index (κ2) is 4.63. The Morgan fingerprint density at radius 1 is 1.47 bits per heavy atom. The molecule has 0 heterocycles. The molecule has 3 nitrogen and oxygen atoms in total. The second-order valence-corrected chi connectivity index (χ2v) is 3.54. The van der Waals surface area contributed by atoms with Crippen LogP contribution in [0.2, 0.25) is 5.02 Å². The molecule has 0 aliphatic heterocycles. The number of nitrogens with zero attached hydrogens (tertiary/aromatic N) is 1. The van der Waals surface area contributed by atoms with E-state index in [4.69, 9.17) is 22.0 Å². The molecule has 0 aliphatic carbocycles. The molecule has 1 aromatic carbocycles. The minimum atomic E-state index is -4.79. The maximum atomic E-state index is 12.6. The van der Waals surface area contributed by atoms with E-state index in [1.807, 2.05) is 0 Å². The lowest BCUT2D eigenvalue weighted by Crippen LogP contribution is -2.12. The quantitative estimate of drug-likeness (QED) is 0.892. The van der Waals surface area contributed by atoms with Gasteiger partial charge in [0.1, 0.15) is 6.07 Å². The van der Waals surface area contributed by atoms with E-state index < -0.39 is 34.7 Å². The molecule has 0 fully saturated rings. The average molecular weight is 264 g/mol. The van der Waals surface area contributed by atoms with Crippen molar-refractivity contribution in [3.63, 3.8) is 0 Å². The number of hydrogen-bond donors (Lipinski definition) is 1. The monoisotopic (exact) mass is 263 g/mol. The highest BCUT2D eigenvalue weighted by Gasteiger charge is 2.37. The highest BCUT2D eigenvalue weighted by molar-refractivity contribution is 6.31. The molecule has 0 aliphatic rings. The molecule has 1 aromatic rings. The van der Waals surface area contributed by atoms with Crippen LogP contribution in [0.1, 0.15) is 16.7 Å². The van der Waals surface area contributed by atoms with Gasteiger partial charge in [0.25, 0.3) is 0 Å². The van der Waals surface area contributed by atoms with Gasteiger partial charge in [0.2, 0.25) is 0 Å². The van der Waals surface area contributed by atoms with E-state index >= 15 is 0 Å². The minimum Gasteiger partial charge on any atom is -0.481 e. The van der Waals surface area contributed by atoms with Crippen LogP contribution < -0.4 is 0 Å². The van der Waals surface area contributed by atoms with E-state index in [1.165, 1.54) is 6.07 Å². The van der Waals surface area contributed by atoms with Crippen molar-refractivity contribution in [2.75, 3.05) is 0 Å². The number of carboxylic acids is 1. The maximum absolute atomic E-state index is 12.6. The van der Waals surface area contributed by atoms with E-state index in [9.17, 15) is 18.0 Å². The zero-order valence-corrected chi connectivity index (χ0v) is 8.93. The van der Waals surface area contributed by atoms with Crippen LogP contribution in [0.3, 0.4) is 0 Å². The van der Waals surface area contributed by atoms with Crippen LogP contribution in [-0.2, 0) is 17.4 Å². The smallest absolute Gasteiger partial charge is 0.419 e. The normalized spacial score (nSPS) is 11.0. The Morgan fingerprint density at radius 2 is 2.06 bits per heavy atom. The fraction of sp³-hybridized carbons (Fsp3) is 0.200. The van der Waals surface area contributed by atoms with E-state index in [1.54, 1.807) is 0 Å². The Bertz CT molecular complexity index is 505. The minimum absolute atomic E-state index is 0.211. The number of benzene rings is 1. The molecule has 1 rings (SSSR count). The zero-order chi connectivity index (χ0) is 13.2. The number of nitriles is 1. The number of carboxylic acid groups (broad SMARTS) is 1. The highest BCUT2D eigenvalue weighted by Crippen LogP contribution is 2.38. The molecule has 0 saturated heterocycles. The van der Waals surface area contributed by atoms with Gasteiger partial charge in [-0.15, -0.1) is 0 Å². The summed E-state index contributed by atoms with van der Waals surface area (Å²) in [4.78, 5) is 10.5. The predicted octanol–water partition coefficient (Wildman–Crippen LogP) is 2.86. The van der Waals surface area contributed by atoms with Crippen molar-refractivity contribution in [3.05, 3.63) is 33.8 Å². The molecule has 7 heteroatoms. The average Bonchev–Trinajstić information content (AvgIpc) is 2.17. The summed E-state index contributed by atoms with van der Waals surface area (Å²) in [7, 11) is 0. The van der Waals surface area contributed by atoms with Crippen molar-refractivity contribution in [1.82, 2.24) is 0 Å². The van der Waals surface area contributed by atoms with Crippen LogP contribution in [0.15, 0.2) is 12.1 Å². The summed E-state index contributed by atoms with van der Waals surface area (Å²) in [6.45, 7) is 0. The number of halogens is 4. The van der Waals surface area contributed by atoms with E-state index in [0.29, 0.717) is 0 Å². The zero-order valence-electron chi connectivity index (χ0n) is 8.18. The number of hydrogen-bond acceptors (Lipinski definition) is 2. The van der Waals surface area contributed by atoms with E-state index in [-0.39, 0.29) is 5.56 Å². The van der Waals surface area contributed by atoms with Crippen LogP contribution in [-0.4, -0.2) is 11.1 Å². The van der Waals surface area contributed by atoms with Crippen molar-refractivity contribution < 1.29 is 23.1 Å². The molecule has 0 unspecified atom stereocenters. The Labute approximate surface area is 99.0 Å². The fourth-order valence-electron chi connectivity index (χ4n) is 1.34. The Hall–Kier alpha value is -1.74. The van der Waals surface area contributed by atoms with E-state index in [2.05, 4.69) is 0 Å². The summed E-state index contributed by atoms with van der Waals surface area (Å²) in [5.74, 6) is -1.32. The molecular formula is C10H5ClF3NO2. The Kier molecular flexibility index (Phi) is 3.63. The summed E-state index contributed by atoms with van der Waals surface area (Å²) >= 11 is 5.38. The summed E-state index contributed by atoms with van der Waals surface area (Å²) in [5.41, 5.74) is -2.25. The van der Waals surface area contributed by atoms with Crippen molar-refractivity contribution in [3.8, 4) is 6.07 Å². The predicted molar refractivity (Wildman–Crippen MR) is 52.5 cm³/mol. The van der Waals surface area contributed by atoms with Crippen LogP contribution in [0.4, 0.5) is 13.2 Å². The first kappa shape index (κ1) is 13.3. The SMILES string of the molecule is N#Cc1c(CC(=O)O)ccc(Cl)c1C(F)(F)F. The lowest BCUT2D eigenvalue weighted by atomic mass is 9.99. The topological polar surface area (TPSA) is 61.1 Å². The molecule has 90 valence electrons.